The van der Waals surface area contributed by atoms with E-state index in [0.717, 1.165) is 12.8 Å². The van der Waals surface area contributed by atoms with Crippen LogP contribution in [0.3, 0.4) is 0 Å². The van der Waals surface area contributed by atoms with E-state index in [2.05, 4.69) is 28.9 Å². The van der Waals surface area contributed by atoms with Gasteiger partial charge in [-0.05, 0) is 25.7 Å². The van der Waals surface area contributed by atoms with E-state index in [9.17, 15) is 15.3 Å². The molecule has 0 saturated heterocycles. The number of hydrogen-bond acceptors (Lipinski definition) is 6. The van der Waals surface area contributed by atoms with Gasteiger partial charge in [0.05, 0.1) is 30.6 Å². The minimum atomic E-state index is -1.04. The van der Waals surface area contributed by atoms with E-state index in [0.29, 0.717) is 6.42 Å². The van der Waals surface area contributed by atoms with Crippen molar-refractivity contribution in [1.82, 2.24) is 10.6 Å². The fraction of sp³-hybridized carbons (Fsp3) is 0.579. The zero-order valence-corrected chi connectivity index (χ0v) is 16.1. The average Bonchev–Trinajstić information content (AvgIpc) is 2.91. The van der Waals surface area contributed by atoms with Gasteiger partial charge in [-0.1, -0.05) is 47.6 Å². The lowest BCUT2D eigenvalue weighted by Crippen LogP contribution is -2.55. The van der Waals surface area contributed by atoms with E-state index in [1.807, 2.05) is 19.1 Å². The normalized spacial score (nSPS) is 32.9. The number of nitrogens with one attached hydrogen (secondary N) is 4. The van der Waals surface area contributed by atoms with Crippen LogP contribution in [0.4, 0.5) is 0 Å². The summed E-state index contributed by atoms with van der Waals surface area (Å²) in [6.07, 6.45) is 9.72. The average molecular weight is 397 g/mol. The largest absolute Gasteiger partial charge is 0.396 e. The summed E-state index contributed by atoms with van der Waals surface area (Å²) in [5.74, 6) is -0.748. The van der Waals surface area contributed by atoms with E-state index < -0.39 is 36.3 Å². The van der Waals surface area contributed by atoms with Crippen molar-refractivity contribution in [2.24, 2.45) is 17.8 Å². The van der Waals surface area contributed by atoms with Gasteiger partial charge in [-0.3, -0.25) is 16.1 Å². The SMILES string of the molecule is CC1=CCC(/C=C/C(C(=N)Cl)C(NC=N)N[C@@H]2C[C@H](CO)[C@@H](O)[C@H]2O)C=C1. The quantitative estimate of drug-likeness (QED) is 0.136. The van der Waals surface area contributed by atoms with Crippen LogP contribution in [-0.4, -0.2) is 57.9 Å². The maximum Gasteiger partial charge on any atom is 0.107 e. The highest BCUT2D eigenvalue weighted by Crippen LogP contribution is 2.27. The Labute approximate surface area is 164 Å². The van der Waals surface area contributed by atoms with Crippen molar-refractivity contribution >= 4 is 23.1 Å². The fourth-order valence-electron chi connectivity index (χ4n) is 3.54. The van der Waals surface area contributed by atoms with Crippen LogP contribution in [0, 0.1) is 28.6 Å². The summed E-state index contributed by atoms with van der Waals surface area (Å²) in [4.78, 5) is 0. The topological polar surface area (TPSA) is 132 Å². The molecule has 0 aliphatic heterocycles. The number of aliphatic hydroxyl groups is 3. The number of aliphatic hydroxyl groups excluding tert-OH is 3. The maximum atomic E-state index is 10.2. The lowest BCUT2D eigenvalue weighted by Gasteiger charge is -2.29. The van der Waals surface area contributed by atoms with Crippen LogP contribution in [0.1, 0.15) is 19.8 Å². The van der Waals surface area contributed by atoms with Gasteiger partial charge in [0.15, 0.2) is 0 Å². The molecule has 0 radical (unpaired) electrons. The number of allylic oxidation sites excluding steroid dienone is 5. The third-order valence-corrected chi connectivity index (χ3v) is 5.48. The fourth-order valence-corrected chi connectivity index (χ4v) is 3.74. The van der Waals surface area contributed by atoms with Crippen LogP contribution >= 0.6 is 11.6 Å². The van der Waals surface area contributed by atoms with Gasteiger partial charge >= 0.3 is 0 Å². The summed E-state index contributed by atoms with van der Waals surface area (Å²) in [7, 11) is 0. The Morgan fingerprint density at radius 2 is 2.15 bits per heavy atom. The summed E-state index contributed by atoms with van der Waals surface area (Å²) in [5.41, 5.74) is 1.22. The van der Waals surface area contributed by atoms with Crippen LogP contribution in [0.25, 0.3) is 0 Å². The minimum absolute atomic E-state index is 0.101. The van der Waals surface area contributed by atoms with Crippen LogP contribution < -0.4 is 10.6 Å². The Hall–Kier alpha value is -1.51. The molecule has 2 aliphatic carbocycles. The standard InChI is InChI=1S/C19H29ClN4O3/c1-11-2-4-12(5-3-11)6-7-14(18(20)22)19(23-10-21)24-15-8-13(9-25)16(26)17(15)27/h2-4,6-7,10,12-17,19,22,24-27H,5,8-9H2,1H3,(H2,21,23)/b7-6+,22-18?/t12?,13-,14?,15-,16-,17+,19?/m1/s1. The van der Waals surface area contributed by atoms with Crippen molar-refractivity contribution in [1.29, 1.82) is 10.8 Å². The first kappa shape index (κ1) is 21.8. The van der Waals surface area contributed by atoms with Crippen molar-refractivity contribution in [2.45, 2.75) is 44.2 Å². The van der Waals surface area contributed by atoms with Crippen molar-refractivity contribution in [3.8, 4) is 0 Å². The minimum Gasteiger partial charge on any atom is -0.396 e. The van der Waals surface area contributed by atoms with E-state index in [-0.39, 0.29) is 17.7 Å². The second kappa shape index (κ2) is 10.1. The van der Waals surface area contributed by atoms with Crippen molar-refractivity contribution in [3.05, 3.63) is 36.0 Å². The molecule has 1 saturated carbocycles. The smallest absolute Gasteiger partial charge is 0.107 e. The molecular formula is C19H29ClN4O3. The molecule has 0 aromatic rings. The molecule has 0 aromatic heterocycles. The van der Waals surface area contributed by atoms with Crippen LogP contribution in [0.15, 0.2) is 36.0 Å². The van der Waals surface area contributed by atoms with E-state index >= 15 is 0 Å². The first-order valence-electron chi connectivity index (χ1n) is 9.12. The Balaban J connectivity index is 2.10. The summed E-state index contributed by atoms with van der Waals surface area (Å²) in [5, 5.41) is 50.7. The first-order chi connectivity index (χ1) is 12.9. The Morgan fingerprint density at radius 3 is 2.67 bits per heavy atom. The molecule has 0 bridgehead atoms. The zero-order chi connectivity index (χ0) is 20.0. The molecular weight excluding hydrogens is 368 g/mol. The molecule has 0 spiro atoms. The molecule has 27 heavy (non-hydrogen) atoms. The van der Waals surface area contributed by atoms with Gasteiger partial charge in [-0.2, -0.15) is 0 Å². The van der Waals surface area contributed by atoms with E-state index in [4.69, 9.17) is 22.4 Å². The molecule has 7 N–H and O–H groups in total. The van der Waals surface area contributed by atoms with Gasteiger partial charge in [0, 0.05) is 18.6 Å². The zero-order valence-electron chi connectivity index (χ0n) is 15.3. The molecule has 0 aromatic carbocycles. The van der Waals surface area contributed by atoms with Gasteiger partial charge in [0.25, 0.3) is 0 Å². The molecule has 8 heteroatoms. The van der Waals surface area contributed by atoms with Gasteiger partial charge in [0.2, 0.25) is 0 Å². The van der Waals surface area contributed by atoms with Crippen molar-refractivity contribution in [3.63, 3.8) is 0 Å². The van der Waals surface area contributed by atoms with Crippen LogP contribution in [0.5, 0.6) is 0 Å². The lowest BCUT2D eigenvalue weighted by atomic mass is 9.94. The second-order valence-corrected chi connectivity index (χ2v) is 7.59. The number of rotatable bonds is 9. The third-order valence-electron chi connectivity index (χ3n) is 5.23. The molecule has 2 rings (SSSR count). The Morgan fingerprint density at radius 1 is 1.41 bits per heavy atom. The van der Waals surface area contributed by atoms with Gasteiger partial charge in [-0.15, -0.1) is 0 Å². The summed E-state index contributed by atoms with van der Waals surface area (Å²) in [6.45, 7) is 1.83. The van der Waals surface area contributed by atoms with E-state index in [1.54, 1.807) is 0 Å². The highest BCUT2D eigenvalue weighted by molar-refractivity contribution is 6.65. The molecule has 0 heterocycles. The molecule has 1 fully saturated rings. The Kier molecular flexibility index (Phi) is 8.19. The first-order valence-corrected chi connectivity index (χ1v) is 9.50. The van der Waals surface area contributed by atoms with Crippen LogP contribution in [0.2, 0.25) is 0 Å². The van der Waals surface area contributed by atoms with E-state index in [1.165, 1.54) is 5.57 Å². The number of halogens is 1. The summed E-state index contributed by atoms with van der Waals surface area (Å²) < 4.78 is 0. The van der Waals surface area contributed by atoms with Crippen LogP contribution in [-0.2, 0) is 0 Å². The molecule has 2 aliphatic rings. The molecule has 3 unspecified atom stereocenters. The summed E-state index contributed by atoms with van der Waals surface area (Å²) >= 11 is 6.02. The molecule has 7 atom stereocenters. The van der Waals surface area contributed by atoms with Gasteiger partial charge in [-0.25, -0.2) is 0 Å². The monoisotopic (exact) mass is 396 g/mol. The summed E-state index contributed by atoms with van der Waals surface area (Å²) in [6, 6.07) is -0.485. The molecule has 150 valence electrons. The molecule has 7 nitrogen and oxygen atoms in total. The lowest BCUT2D eigenvalue weighted by molar-refractivity contribution is -0.00158. The van der Waals surface area contributed by atoms with Crippen molar-refractivity contribution in [2.75, 3.05) is 6.61 Å². The molecule has 0 amide bonds. The predicted molar refractivity (Wildman–Crippen MR) is 107 cm³/mol. The predicted octanol–water partition coefficient (Wildman–Crippen LogP) is 1.11. The maximum absolute atomic E-state index is 10.2. The second-order valence-electron chi connectivity index (χ2n) is 7.19. The Bertz CT molecular complexity index is 622. The van der Waals surface area contributed by atoms with Gasteiger partial charge < -0.3 is 20.6 Å². The third kappa shape index (κ3) is 5.73. The highest BCUT2D eigenvalue weighted by Gasteiger charge is 2.42. The highest BCUT2D eigenvalue weighted by atomic mass is 35.5. The van der Waals surface area contributed by atoms with Gasteiger partial charge in [0.1, 0.15) is 5.17 Å². The number of hydrogen-bond donors (Lipinski definition) is 7. The van der Waals surface area contributed by atoms with Crippen molar-refractivity contribution < 1.29 is 15.3 Å².